The van der Waals surface area contributed by atoms with Crippen molar-refractivity contribution in [2.45, 2.75) is 26.9 Å². The minimum Gasteiger partial charge on any atom is -0.497 e. The van der Waals surface area contributed by atoms with Gasteiger partial charge >= 0.3 is 6.18 Å². The van der Waals surface area contributed by atoms with Crippen LogP contribution in [0.3, 0.4) is 0 Å². The number of anilines is 3. The molecule has 12 aromatic rings. The predicted molar refractivity (Wildman–Crippen MR) is 343 cm³/mol. The van der Waals surface area contributed by atoms with E-state index in [4.69, 9.17) is 18.9 Å². The zero-order chi connectivity index (χ0) is 67.9. The topological polar surface area (TPSA) is 301 Å². The van der Waals surface area contributed by atoms with Crippen molar-refractivity contribution in [3.05, 3.63) is 241 Å². The lowest BCUT2D eigenvalue weighted by Gasteiger charge is -2.12. The van der Waals surface area contributed by atoms with Crippen molar-refractivity contribution >= 4 is 85.2 Å². The molecule has 6 heterocycles. The lowest BCUT2D eigenvalue weighted by atomic mass is 10.2. The van der Waals surface area contributed by atoms with Crippen LogP contribution < -0.4 is 39.6 Å². The highest BCUT2D eigenvalue weighted by Crippen LogP contribution is 2.32. The number of carbonyl (C=O) groups is 6. The van der Waals surface area contributed by atoms with Gasteiger partial charge in [-0.2, -0.15) is 13.2 Å². The highest BCUT2D eigenvalue weighted by atomic mass is 19.4. The van der Waals surface area contributed by atoms with E-state index in [2.05, 4.69) is 65.5 Å². The van der Waals surface area contributed by atoms with Crippen LogP contribution in [-0.4, -0.2) is 99.8 Å². The molecule has 3 amide bonds. The summed E-state index contributed by atoms with van der Waals surface area (Å²) in [6, 6.07) is 48.7. The quantitative estimate of drug-likeness (QED) is 0.0531. The lowest BCUT2D eigenvalue weighted by molar-refractivity contribution is -0.153. The second-order valence-electron chi connectivity index (χ2n) is 20.2. The van der Waals surface area contributed by atoms with Crippen LogP contribution in [-0.2, 0) is 0 Å². The van der Waals surface area contributed by atoms with Gasteiger partial charge in [0.05, 0.1) is 75.9 Å². The number of rotatable bonds is 18. The molecule has 0 aliphatic carbocycles. The Bertz CT molecular complexity index is 4870. The van der Waals surface area contributed by atoms with Crippen molar-refractivity contribution in [1.29, 1.82) is 0 Å². The number of hydrogen-bond acceptors (Lipinski definition) is 20. The van der Waals surface area contributed by atoms with Gasteiger partial charge in [-0.25, -0.2) is 34.3 Å². The Kier molecular flexibility index (Phi) is 20.5. The summed E-state index contributed by atoms with van der Waals surface area (Å²) in [6.45, 7) is 2.78. The van der Waals surface area contributed by atoms with E-state index in [0.29, 0.717) is 67.4 Å². The summed E-state index contributed by atoms with van der Waals surface area (Å²) in [7, 11) is 1.42. The molecule has 0 radical (unpaired) electrons. The third-order valence-electron chi connectivity index (χ3n) is 13.2. The minimum atomic E-state index is -4.46. The van der Waals surface area contributed by atoms with Crippen molar-refractivity contribution in [3.63, 3.8) is 0 Å². The van der Waals surface area contributed by atoms with Gasteiger partial charge < -0.3 is 39.6 Å². The second kappa shape index (κ2) is 29.9. The molecule has 6 aromatic carbocycles. The number of ketones is 3. The maximum atomic E-state index is 14.4. The number of fused-ring (bicyclic) bond motifs is 3. The summed E-state index contributed by atoms with van der Waals surface area (Å²) in [5.74, 6) is -2.27. The molecule has 0 saturated carbocycles. The average Bonchev–Trinajstić information content (AvgIpc) is 0.873. The van der Waals surface area contributed by atoms with Crippen molar-refractivity contribution in [2.75, 3.05) is 29.7 Å². The summed E-state index contributed by atoms with van der Waals surface area (Å²) in [4.78, 5) is 111. The van der Waals surface area contributed by atoms with E-state index < -0.39 is 36.3 Å². The largest absolute Gasteiger partial charge is 0.497 e. The molecule has 96 heavy (non-hydrogen) atoms. The van der Waals surface area contributed by atoms with Crippen LogP contribution >= 0.6 is 0 Å². The number of Topliss-reactive ketones (excluding diaryl/α,β-unsaturated/α-hetero) is 3. The third kappa shape index (κ3) is 17.3. The van der Waals surface area contributed by atoms with Gasteiger partial charge in [0.15, 0.2) is 52.6 Å². The Morgan fingerprint density at radius 2 is 0.729 bits per heavy atom. The molecule has 23 nitrogen and oxygen atoms in total. The van der Waals surface area contributed by atoms with Crippen LogP contribution in [0.15, 0.2) is 201 Å². The molecule has 3 N–H and O–H groups in total. The van der Waals surface area contributed by atoms with Gasteiger partial charge in [0.1, 0.15) is 40.1 Å². The number of nitrogens with zero attached hydrogens (tertiary/aromatic N) is 9. The number of halogens is 4. The predicted octanol–water partition coefficient (Wildman–Crippen LogP) is 13.9. The normalized spacial score (nSPS) is 10.8. The summed E-state index contributed by atoms with van der Waals surface area (Å²) < 4.78 is 78.4. The van der Waals surface area contributed by atoms with Crippen molar-refractivity contribution in [3.8, 4) is 46.4 Å². The molecule has 0 spiro atoms. The SMILES string of the molecule is CC(=O)c1ccc(NC(=O)c2nc3ccccc3nc2Oc2ccc(OCC(F)(F)F)cc2)cn1.CC(=O)c1ccc(NC(=O)c2nc3ccccc3nc2Oc2ccccc2)cn1.COc1ccc(Oc2nc3ccccc3nc2C(=O)Nc2ccc(C(C)=O)nc2)c(F)c1. The number of benzene rings is 6. The molecule has 12 rings (SSSR count). The third-order valence-corrected chi connectivity index (χ3v) is 13.2. The van der Waals surface area contributed by atoms with Gasteiger partial charge in [0.2, 0.25) is 0 Å². The molecule has 6 aromatic heterocycles. The number of methoxy groups -OCH3 is 1. The first kappa shape index (κ1) is 65.9. The highest BCUT2D eigenvalue weighted by Gasteiger charge is 2.29. The Hall–Kier alpha value is -13.1. The van der Waals surface area contributed by atoms with E-state index in [-0.39, 0.29) is 80.7 Å². The highest BCUT2D eigenvalue weighted by molar-refractivity contribution is 6.07. The number of aromatic nitrogens is 9. The molecule has 0 aliphatic heterocycles. The number of ether oxygens (including phenoxy) is 5. The number of para-hydroxylation sites is 7. The lowest BCUT2D eigenvalue weighted by Crippen LogP contribution is -2.19. The monoisotopic (exact) mass is 1300 g/mol. The number of pyridine rings is 3. The van der Waals surface area contributed by atoms with E-state index in [9.17, 15) is 46.3 Å². The zero-order valence-electron chi connectivity index (χ0n) is 50.8. The Balaban J connectivity index is 0.000000157. The minimum absolute atomic E-state index is 0.00116. The van der Waals surface area contributed by atoms with Gasteiger partial charge in [0.25, 0.3) is 35.4 Å². The fourth-order valence-electron chi connectivity index (χ4n) is 8.48. The first-order valence-corrected chi connectivity index (χ1v) is 28.6. The first-order chi connectivity index (χ1) is 46.2. The first-order valence-electron chi connectivity index (χ1n) is 28.6. The fraction of sp³-hybridized carbons (Fsp3) is 0.0870. The Morgan fingerprint density at radius 1 is 0.396 bits per heavy atom. The van der Waals surface area contributed by atoms with Gasteiger partial charge in [-0.1, -0.05) is 54.6 Å². The van der Waals surface area contributed by atoms with Gasteiger partial charge in [-0.3, -0.25) is 43.7 Å². The number of carbonyl (C=O) groups excluding carboxylic acids is 6. The molecule has 480 valence electrons. The van der Waals surface area contributed by atoms with Crippen LogP contribution in [0, 0.1) is 5.82 Å². The molecule has 27 heteroatoms. The van der Waals surface area contributed by atoms with Crippen molar-refractivity contribution in [2.24, 2.45) is 0 Å². The number of nitrogens with one attached hydrogen (secondary N) is 3. The fourth-order valence-corrected chi connectivity index (χ4v) is 8.48. The molecule has 0 saturated heterocycles. The van der Waals surface area contributed by atoms with Crippen LogP contribution in [0.2, 0.25) is 0 Å². The summed E-state index contributed by atoms with van der Waals surface area (Å²) in [5.41, 5.74) is 4.76. The van der Waals surface area contributed by atoms with Gasteiger partial charge in [-0.05, 0) is 121 Å². The van der Waals surface area contributed by atoms with E-state index in [1.165, 1.54) is 101 Å². The second-order valence-corrected chi connectivity index (χ2v) is 20.2. The number of amides is 3. The van der Waals surface area contributed by atoms with E-state index in [0.717, 1.165) is 6.07 Å². The molecule has 0 aliphatic rings. The number of alkyl halides is 3. The molecular formula is C69H50F4N12O11. The van der Waals surface area contributed by atoms with E-state index in [1.807, 2.05) is 30.3 Å². The molecular weight excluding hydrogens is 1250 g/mol. The molecule has 0 unspecified atom stereocenters. The maximum Gasteiger partial charge on any atom is 0.422 e. The van der Waals surface area contributed by atoms with Crippen LogP contribution in [0.25, 0.3) is 33.1 Å². The molecule has 0 atom stereocenters. The van der Waals surface area contributed by atoms with Crippen molar-refractivity contribution < 1.29 is 70.0 Å². The smallest absolute Gasteiger partial charge is 0.422 e. The zero-order valence-corrected chi connectivity index (χ0v) is 50.8. The maximum absolute atomic E-state index is 14.4. The van der Waals surface area contributed by atoms with Crippen molar-refractivity contribution in [1.82, 2.24) is 44.9 Å². The Morgan fingerprint density at radius 3 is 1.06 bits per heavy atom. The van der Waals surface area contributed by atoms with Crippen LogP contribution in [0.4, 0.5) is 34.6 Å². The van der Waals surface area contributed by atoms with Gasteiger partial charge in [0, 0.05) is 26.8 Å². The van der Waals surface area contributed by atoms with Crippen LogP contribution in [0.1, 0.15) is 83.7 Å². The summed E-state index contributed by atoms with van der Waals surface area (Å²) in [6.07, 6.45) is -0.350. The summed E-state index contributed by atoms with van der Waals surface area (Å²) >= 11 is 0. The van der Waals surface area contributed by atoms with E-state index >= 15 is 0 Å². The van der Waals surface area contributed by atoms with Crippen LogP contribution in [0.5, 0.6) is 46.4 Å². The molecule has 0 bridgehead atoms. The average molecular weight is 1300 g/mol. The van der Waals surface area contributed by atoms with Gasteiger partial charge in [-0.15, -0.1) is 0 Å². The van der Waals surface area contributed by atoms with E-state index in [1.54, 1.807) is 91.0 Å². The molecule has 0 fully saturated rings. The standard InChI is InChI=1S/C24H17F3N4O4.C23H17FN4O4.C22H16N4O3/c1-14(32)18-11-6-15(12-28-18)29-22(33)21-23(31-20-5-3-2-4-19(20)30-21)35-17-9-7-16(8-10-17)34-13-24(25,26)27;1-13(29)17-9-7-14(12-25-17)26-22(30)21-23(28-19-6-4-3-5-18(19)27-21)32-20-10-8-15(31-2)11-16(20)24;1-14(27)17-12-11-15(13-23-17)24-21(28)20-22(29-16-7-3-2-4-8-16)26-19-10-6-5-9-18(19)25-20/h2-12H,13H2,1H3,(H,29,33);3-12H,1-2H3,(H,26,30);2-13H,1H3,(H,24,28). The number of hydrogen-bond donors (Lipinski definition) is 3. The summed E-state index contributed by atoms with van der Waals surface area (Å²) in [5, 5.41) is 7.99. The Labute approximate surface area is 541 Å².